The summed E-state index contributed by atoms with van der Waals surface area (Å²) >= 11 is 21.4. The maximum Gasteiger partial charge on any atom is 0.124 e. The van der Waals surface area contributed by atoms with Crippen LogP contribution in [-0.4, -0.2) is 15.4 Å². The van der Waals surface area contributed by atoms with Crippen molar-refractivity contribution in [3.63, 3.8) is 0 Å². The molecule has 2 heterocycles. The molecule has 6 heteroatoms. The van der Waals surface area contributed by atoms with Crippen LogP contribution in [0.5, 0.6) is 0 Å². The number of nitrogens with zero attached hydrogens (tertiary/aromatic N) is 2. The highest BCUT2D eigenvalue weighted by molar-refractivity contribution is 9.10. The van der Waals surface area contributed by atoms with Gasteiger partial charge in [-0.1, -0.05) is 34.8 Å². The Bertz CT molecular complexity index is 488. The molecule has 0 amide bonds. The SMILES string of the molecule is ClC1=CC(Cl)N(Cc2ncc(Br)cc2Cl)C=C1. The topological polar surface area (TPSA) is 16.1 Å². The first-order valence-corrected chi connectivity index (χ1v) is 6.80. The van der Waals surface area contributed by atoms with E-state index in [2.05, 4.69) is 20.9 Å². The molecule has 0 spiro atoms. The second-order valence-electron chi connectivity index (χ2n) is 3.49. The van der Waals surface area contributed by atoms with Crippen LogP contribution in [-0.2, 0) is 6.54 Å². The molecule has 1 aromatic heterocycles. The van der Waals surface area contributed by atoms with Crippen LogP contribution >= 0.6 is 50.7 Å². The van der Waals surface area contributed by atoms with Crippen molar-refractivity contribution in [2.45, 2.75) is 12.0 Å². The molecular formula is C11H8BrCl3N2. The molecule has 1 aromatic rings. The molecular weight excluding hydrogens is 346 g/mol. The summed E-state index contributed by atoms with van der Waals surface area (Å²) in [7, 11) is 0. The van der Waals surface area contributed by atoms with Crippen molar-refractivity contribution in [3.8, 4) is 0 Å². The number of rotatable bonds is 2. The monoisotopic (exact) mass is 352 g/mol. The lowest BCUT2D eigenvalue weighted by Gasteiger charge is -2.26. The maximum atomic E-state index is 6.14. The Labute approximate surface area is 123 Å². The number of pyridine rings is 1. The van der Waals surface area contributed by atoms with Crippen LogP contribution in [0.25, 0.3) is 0 Å². The van der Waals surface area contributed by atoms with Gasteiger partial charge in [0.05, 0.1) is 17.3 Å². The smallest absolute Gasteiger partial charge is 0.124 e. The summed E-state index contributed by atoms with van der Waals surface area (Å²) in [4.78, 5) is 6.16. The Kier molecular flexibility index (Phi) is 4.36. The van der Waals surface area contributed by atoms with Crippen LogP contribution in [0, 0.1) is 0 Å². The molecule has 0 fully saturated rings. The molecule has 1 aliphatic heterocycles. The van der Waals surface area contributed by atoms with Gasteiger partial charge >= 0.3 is 0 Å². The average molecular weight is 354 g/mol. The van der Waals surface area contributed by atoms with Gasteiger partial charge in [-0.15, -0.1) is 0 Å². The lowest BCUT2D eigenvalue weighted by atomic mass is 10.3. The van der Waals surface area contributed by atoms with Crippen molar-refractivity contribution in [1.82, 2.24) is 9.88 Å². The first-order valence-electron chi connectivity index (χ1n) is 4.81. The van der Waals surface area contributed by atoms with Gasteiger partial charge in [-0.3, -0.25) is 4.98 Å². The third-order valence-electron chi connectivity index (χ3n) is 2.26. The van der Waals surface area contributed by atoms with Gasteiger partial charge in [-0.2, -0.15) is 0 Å². The first-order chi connectivity index (χ1) is 8.06. The Morgan fingerprint density at radius 2 is 2.18 bits per heavy atom. The van der Waals surface area contributed by atoms with E-state index in [0.29, 0.717) is 16.6 Å². The predicted molar refractivity (Wildman–Crippen MR) is 75.2 cm³/mol. The van der Waals surface area contributed by atoms with Gasteiger partial charge in [0.15, 0.2) is 0 Å². The molecule has 1 atom stereocenters. The first kappa shape index (κ1) is 13.2. The zero-order chi connectivity index (χ0) is 12.4. The van der Waals surface area contributed by atoms with Gasteiger partial charge in [-0.25, -0.2) is 0 Å². The van der Waals surface area contributed by atoms with Crippen LogP contribution in [0.1, 0.15) is 5.69 Å². The highest BCUT2D eigenvalue weighted by Gasteiger charge is 2.16. The van der Waals surface area contributed by atoms with Gasteiger partial charge in [-0.05, 0) is 34.1 Å². The van der Waals surface area contributed by atoms with Gasteiger partial charge in [0.1, 0.15) is 5.50 Å². The van der Waals surface area contributed by atoms with Crippen LogP contribution in [0.3, 0.4) is 0 Å². The second kappa shape index (κ2) is 5.61. The van der Waals surface area contributed by atoms with Gasteiger partial charge in [0, 0.05) is 21.9 Å². The van der Waals surface area contributed by atoms with E-state index in [4.69, 9.17) is 34.8 Å². The minimum atomic E-state index is -0.283. The van der Waals surface area contributed by atoms with Crippen molar-refractivity contribution in [2.24, 2.45) is 0 Å². The highest BCUT2D eigenvalue weighted by Crippen LogP contribution is 2.24. The standard InChI is InChI=1S/C11H8BrCl3N2/c12-7-3-9(14)10(16-5-7)6-17-2-1-8(13)4-11(17)15/h1-5,11H,6H2. The normalized spacial score (nSPS) is 19.4. The molecule has 1 unspecified atom stereocenters. The molecule has 2 rings (SSSR count). The van der Waals surface area contributed by atoms with Crippen molar-refractivity contribution in [1.29, 1.82) is 0 Å². The van der Waals surface area contributed by atoms with Crippen molar-refractivity contribution >= 4 is 50.7 Å². The van der Waals surface area contributed by atoms with Gasteiger partial charge < -0.3 is 4.90 Å². The summed E-state index contributed by atoms with van der Waals surface area (Å²) in [5.41, 5.74) is 0.491. The molecule has 0 bridgehead atoms. The Morgan fingerprint density at radius 1 is 1.41 bits per heavy atom. The highest BCUT2D eigenvalue weighted by atomic mass is 79.9. The van der Waals surface area contributed by atoms with E-state index in [1.165, 1.54) is 0 Å². The third-order valence-corrected chi connectivity index (χ3v) is 3.64. The van der Waals surface area contributed by atoms with E-state index in [-0.39, 0.29) is 5.50 Å². The Hall–Kier alpha value is -0.220. The third kappa shape index (κ3) is 3.38. The van der Waals surface area contributed by atoms with Crippen LogP contribution in [0.2, 0.25) is 5.02 Å². The van der Waals surface area contributed by atoms with Crippen molar-refractivity contribution < 1.29 is 0 Å². The maximum absolute atomic E-state index is 6.14. The van der Waals surface area contributed by atoms with E-state index in [9.17, 15) is 0 Å². The Balaban J connectivity index is 2.14. The van der Waals surface area contributed by atoms with E-state index in [0.717, 1.165) is 10.2 Å². The van der Waals surface area contributed by atoms with Gasteiger partial charge in [0.2, 0.25) is 0 Å². The van der Waals surface area contributed by atoms with Gasteiger partial charge in [0.25, 0.3) is 0 Å². The summed E-state index contributed by atoms with van der Waals surface area (Å²) < 4.78 is 0.853. The molecule has 0 radical (unpaired) electrons. The van der Waals surface area contributed by atoms with Crippen molar-refractivity contribution in [3.05, 3.63) is 50.8 Å². The number of hydrogen-bond donors (Lipinski definition) is 0. The van der Waals surface area contributed by atoms with Crippen molar-refractivity contribution in [2.75, 3.05) is 0 Å². The van der Waals surface area contributed by atoms with Crippen LogP contribution in [0.15, 0.2) is 40.1 Å². The summed E-state index contributed by atoms with van der Waals surface area (Å²) in [5.74, 6) is 0. The number of halogens is 4. The van der Waals surface area contributed by atoms with E-state index in [1.807, 2.05) is 17.2 Å². The fourth-order valence-corrected chi connectivity index (χ4v) is 2.60. The molecule has 17 heavy (non-hydrogen) atoms. The van der Waals surface area contributed by atoms with E-state index < -0.39 is 0 Å². The molecule has 1 aliphatic rings. The van der Waals surface area contributed by atoms with Crippen LogP contribution < -0.4 is 0 Å². The number of aromatic nitrogens is 1. The summed E-state index contributed by atoms with van der Waals surface area (Å²) in [6.07, 6.45) is 7.09. The average Bonchev–Trinajstić information content (AvgIpc) is 2.25. The second-order valence-corrected chi connectivity index (χ2v) is 5.70. The summed E-state index contributed by atoms with van der Waals surface area (Å²) in [6, 6.07) is 1.81. The number of allylic oxidation sites excluding steroid dienone is 2. The molecule has 90 valence electrons. The zero-order valence-electron chi connectivity index (χ0n) is 8.58. The van der Waals surface area contributed by atoms with E-state index in [1.54, 1.807) is 18.3 Å². The predicted octanol–water partition coefficient (Wildman–Crippen LogP) is 4.51. The summed E-state index contributed by atoms with van der Waals surface area (Å²) in [5, 5.41) is 1.24. The quantitative estimate of drug-likeness (QED) is 0.574. The molecule has 0 saturated heterocycles. The molecule has 0 aromatic carbocycles. The lowest BCUT2D eigenvalue weighted by Crippen LogP contribution is -2.26. The minimum Gasteiger partial charge on any atom is -0.352 e. The number of hydrogen-bond acceptors (Lipinski definition) is 2. The minimum absolute atomic E-state index is 0.283. The summed E-state index contributed by atoms with van der Waals surface area (Å²) in [6.45, 7) is 0.539. The van der Waals surface area contributed by atoms with Crippen LogP contribution in [0.4, 0.5) is 0 Å². The molecule has 0 N–H and O–H groups in total. The molecule has 0 saturated carbocycles. The fraction of sp³-hybridized carbons (Fsp3) is 0.182. The zero-order valence-corrected chi connectivity index (χ0v) is 12.4. The largest absolute Gasteiger partial charge is 0.352 e. The number of alkyl halides is 1. The molecule has 0 aliphatic carbocycles. The fourth-order valence-electron chi connectivity index (χ4n) is 1.40. The lowest BCUT2D eigenvalue weighted by molar-refractivity contribution is 0.369. The molecule has 2 nitrogen and oxygen atoms in total. The Morgan fingerprint density at radius 3 is 2.82 bits per heavy atom. The van der Waals surface area contributed by atoms with E-state index >= 15 is 0 Å².